The number of thiazole rings is 1. The molecule has 0 aliphatic heterocycles. The summed E-state index contributed by atoms with van der Waals surface area (Å²) in [7, 11) is 1.70. The first-order valence-corrected chi connectivity index (χ1v) is 11.8. The Kier molecular flexibility index (Phi) is 6.99. The third-order valence-electron chi connectivity index (χ3n) is 5.18. The van der Waals surface area contributed by atoms with Gasteiger partial charge in [0.25, 0.3) is 0 Å². The normalized spacial score (nSPS) is 14.7. The molecule has 0 spiro atoms. The van der Waals surface area contributed by atoms with Crippen molar-refractivity contribution < 1.29 is 14.7 Å². The number of thioether (sulfide) groups is 1. The molecule has 30 heavy (non-hydrogen) atoms. The molecule has 0 saturated heterocycles. The van der Waals surface area contributed by atoms with Gasteiger partial charge in [-0.05, 0) is 51.3 Å². The molecule has 3 rings (SSSR count). The fraction of sp³-hybridized carbons (Fsp3) is 0.476. The maximum absolute atomic E-state index is 13.5. The molecule has 1 aliphatic rings. The number of amides is 2. The fourth-order valence-electron chi connectivity index (χ4n) is 3.42. The number of anilines is 2. The molecule has 2 amide bonds. The molecule has 1 aliphatic carbocycles. The van der Waals surface area contributed by atoms with Crippen molar-refractivity contribution in [3.8, 4) is 0 Å². The van der Waals surface area contributed by atoms with E-state index in [0.29, 0.717) is 15.8 Å². The summed E-state index contributed by atoms with van der Waals surface area (Å²) in [5.74, 6) is -0.895. The van der Waals surface area contributed by atoms with E-state index in [1.54, 1.807) is 32.0 Å². The van der Waals surface area contributed by atoms with Crippen LogP contribution in [0, 0.1) is 6.92 Å². The number of halogens is 1. The van der Waals surface area contributed by atoms with E-state index in [9.17, 15) is 14.7 Å². The number of carboxylic acid groups (broad SMARTS) is 1. The molecular formula is C21H26ClN3O3S2. The number of aliphatic carboxylic acids is 1. The second kappa shape index (κ2) is 9.16. The van der Waals surface area contributed by atoms with Crippen LogP contribution >= 0.6 is 34.7 Å². The minimum Gasteiger partial charge on any atom is -0.480 e. The van der Waals surface area contributed by atoms with Gasteiger partial charge in [-0.25, -0.2) is 9.78 Å². The lowest BCUT2D eigenvalue weighted by molar-refractivity contribution is -0.138. The Hall–Kier alpha value is -1.77. The van der Waals surface area contributed by atoms with Crippen molar-refractivity contribution in [1.82, 2.24) is 4.98 Å². The van der Waals surface area contributed by atoms with Crippen molar-refractivity contribution in [2.75, 3.05) is 16.8 Å². The lowest BCUT2D eigenvalue weighted by atomic mass is 10.1. The first-order chi connectivity index (χ1) is 14.1. The summed E-state index contributed by atoms with van der Waals surface area (Å²) in [4.78, 5) is 32.6. The zero-order valence-corrected chi connectivity index (χ0v) is 19.9. The molecule has 2 aromatic rings. The van der Waals surface area contributed by atoms with E-state index in [1.807, 2.05) is 25.1 Å². The number of carboxylic acids is 1. The van der Waals surface area contributed by atoms with Crippen molar-refractivity contribution in [2.24, 2.45) is 0 Å². The molecule has 1 heterocycles. The molecule has 0 bridgehead atoms. The largest absolute Gasteiger partial charge is 0.480 e. The van der Waals surface area contributed by atoms with Gasteiger partial charge in [0.15, 0.2) is 5.13 Å². The summed E-state index contributed by atoms with van der Waals surface area (Å²) in [5.41, 5.74) is 1.75. The van der Waals surface area contributed by atoms with Gasteiger partial charge < -0.3 is 5.11 Å². The van der Waals surface area contributed by atoms with Gasteiger partial charge in [0.05, 0.1) is 21.1 Å². The Labute approximate surface area is 190 Å². The van der Waals surface area contributed by atoms with Crippen molar-refractivity contribution >= 4 is 57.5 Å². The zero-order valence-electron chi connectivity index (χ0n) is 17.5. The van der Waals surface area contributed by atoms with Crippen LogP contribution in [0.2, 0.25) is 5.02 Å². The Balaban J connectivity index is 1.87. The molecule has 0 unspecified atom stereocenters. The van der Waals surface area contributed by atoms with Crippen LogP contribution in [-0.2, 0) is 4.79 Å². The van der Waals surface area contributed by atoms with Crippen LogP contribution in [0.3, 0.4) is 0 Å². The van der Waals surface area contributed by atoms with Gasteiger partial charge in [-0.15, -0.1) is 0 Å². The van der Waals surface area contributed by atoms with Crippen LogP contribution in [0.25, 0.3) is 0 Å². The number of benzene rings is 1. The summed E-state index contributed by atoms with van der Waals surface area (Å²) < 4.78 is -0.227. The zero-order chi connectivity index (χ0) is 22.1. The molecule has 1 fully saturated rings. The maximum atomic E-state index is 13.5. The average molecular weight is 468 g/mol. The Morgan fingerprint density at radius 1 is 1.30 bits per heavy atom. The fourth-order valence-corrected chi connectivity index (χ4v) is 6.06. The summed E-state index contributed by atoms with van der Waals surface area (Å²) in [6, 6.07) is 5.65. The van der Waals surface area contributed by atoms with Crippen LogP contribution in [0.15, 0.2) is 28.6 Å². The van der Waals surface area contributed by atoms with E-state index in [-0.39, 0.29) is 12.1 Å². The number of nitrogens with zero attached hydrogens (tertiary/aromatic N) is 3. The Morgan fingerprint density at radius 2 is 1.97 bits per heavy atom. The van der Waals surface area contributed by atoms with Gasteiger partial charge in [-0.2, -0.15) is 0 Å². The number of aromatic nitrogens is 1. The number of hydrogen-bond donors (Lipinski definition) is 1. The maximum Gasteiger partial charge on any atom is 0.330 e. The molecule has 1 N–H and O–H groups in total. The highest BCUT2D eigenvalue weighted by Gasteiger charge is 2.33. The van der Waals surface area contributed by atoms with Crippen LogP contribution in [0.4, 0.5) is 15.6 Å². The SMILES string of the molecule is Cc1ccc(N(C(=O)N(C)c2ncc(SC(C)(C)C(=O)O)s2)C2CCCC2)c(Cl)c1. The first kappa shape index (κ1) is 22.9. The van der Waals surface area contributed by atoms with Crippen molar-refractivity contribution in [3.05, 3.63) is 35.0 Å². The summed E-state index contributed by atoms with van der Waals surface area (Å²) in [6.07, 6.45) is 5.68. The highest BCUT2D eigenvalue weighted by Crippen LogP contribution is 2.39. The lowest BCUT2D eigenvalue weighted by Gasteiger charge is -2.32. The summed E-state index contributed by atoms with van der Waals surface area (Å²) in [5, 5.41) is 10.4. The molecule has 1 aromatic heterocycles. The number of urea groups is 1. The van der Waals surface area contributed by atoms with E-state index >= 15 is 0 Å². The first-order valence-electron chi connectivity index (χ1n) is 9.81. The minimum absolute atomic E-state index is 0.0971. The van der Waals surface area contributed by atoms with Gasteiger partial charge in [-0.1, -0.05) is 53.6 Å². The average Bonchev–Trinajstić information content (AvgIpc) is 3.35. The van der Waals surface area contributed by atoms with E-state index in [0.717, 1.165) is 35.5 Å². The van der Waals surface area contributed by atoms with Gasteiger partial charge in [-0.3, -0.25) is 14.6 Å². The topological polar surface area (TPSA) is 73.7 Å². The van der Waals surface area contributed by atoms with Gasteiger partial charge in [0.2, 0.25) is 0 Å². The smallest absolute Gasteiger partial charge is 0.330 e. The molecule has 0 atom stereocenters. The van der Waals surface area contributed by atoms with E-state index in [4.69, 9.17) is 11.6 Å². The summed E-state index contributed by atoms with van der Waals surface area (Å²) >= 11 is 9.05. The van der Waals surface area contributed by atoms with Gasteiger partial charge in [0.1, 0.15) is 4.75 Å². The molecule has 1 saturated carbocycles. The van der Waals surface area contributed by atoms with E-state index in [1.165, 1.54) is 28.0 Å². The Morgan fingerprint density at radius 3 is 2.57 bits per heavy atom. The molecule has 0 radical (unpaired) electrons. The quantitative estimate of drug-likeness (QED) is 0.522. The van der Waals surface area contributed by atoms with Crippen LogP contribution in [0.5, 0.6) is 0 Å². The predicted octanol–water partition coefficient (Wildman–Crippen LogP) is 6.07. The lowest BCUT2D eigenvalue weighted by Crippen LogP contribution is -2.46. The third kappa shape index (κ3) is 4.92. The van der Waals surface area contributed by atoms with E-state index < -0.39 is 10.7 Å². The standard InChI is InChI=1S/C21H26ClN3O3S2/c1-13-9-10-16(15(22)11-13)25(14-7-5-6-8-14)20(28)24(4)19-23-12-17(29-19)30-21(2,3)18(26)27/h9-12,14H,5-8H2,1-4H3,(H,26,27). The molecule has 1 aromatic carbocycles. The highest BCUT2D eigenvalue weighted by molar-refractivity contribution is 8.03. The Bertz CT molecular complexity index is 941. The number of aryl methyl sites for hydroxylation is 1. The number of hydrogen-bond acceptors (Lipinski definition) is 5. The second-order valence-corrected chi connectivity index (χ2v) is 11.3. The number of rotatable bonds is 6. The van der Waals surface area contributed by atoms with Crippen LogP contribution in [0.1, 0.15) is 45.1 Å². The second-order valence-electron chi connectivity index (χ2n) is 7.98. The molecule has 6 nitrogen and oxygen atoms in total. The van der Waals surface area contributed by atoms with Gasteiger partial charge >= 0.3 is 12.0 Å². The third-order valence-corrected chi connectivity index (χ3v) is 7.84. The number of carbonyl (C=O) groups is 2. The van der Waals surface area contributed by atoms with Crippen molar-refractivity contribution in [1.29, 1.82) is 0 Å². The van der Waals surface area contributed by atoms with Crippen molar-refractivity contribution in [3.63, 3.8) is 0 Å². The monoisotopic (exact) mass is 467 g/mol. The predicted molar refractivity (Wildman–Crippen MR) is 124 cm³/mol. The van der Waals surface area contributed by atoms with Crippen LogP contribution < -0.4 is 9.80 Å². The van der Waals surface area contributed by atoms with Gasteiger partial charge in [0, 0.05) is 13.1 Å². The van der Waals surface area contributed by atoms with Crippen molar-refractivity contribution in [2.45, 2.75) is 61.5 Å². The molecule has 162 valence electrons. The highest BCUT2D eigenvalue weighted by atomic mass is 35.5. The van der Waals surface area contributed by atoms with E-state index in [2.05, 4.69) is 4.98 Å². The molecular weight excluding hydrogens is 442 g/mol. The molecule has 9 heteroatoms. The summed E-state index contributed by atoms with van der Waals surface area (Å²) in [6.45, 7) is 5.27. The minimum atomic E-state index is -0.975. The number of carbonyl (C=O) groups excluding carboxylic acids is 1. The van der Waals surface area contributed by atoms with Crippen LogP contribution in [-0.4, -0.2) is 39.9 Å².